The number of amides is 1. The van der Waals surface area contributed by atoms with E-state index in [4.69, 9.17) is 9.47 Å². The fourth-order valence-electron chi connectivity index (χ4n) is 4.84. The number of nitrogens with zero attached hydrogens (tertiary/aromatic N) is 4. The number of carbonyl (C=O) groups is 4. The Morgan fingerprint density at radius 3 is 1.55 bits per heavy atom. The molecule has 1 amide bonds. The molecule has 0 aromatic heterocycles. The molecular weight excluding hydrogens is 529 g/mol. The van der Waals surface area contributed by atoms with Gasteiger partial charge >= 0.3 is 0 Å². The van der Waals surface area contributed by atoms with E-state index in [1.54, 1.807) is 6.92 Å². The van der Waals surface area contributed by atoms with E-state index in [1.165, 1.54) is 20.9 Å². The Morgan fingerprint density at radius 1 is 0.775 bits per heavy atom. The number of Topliss-reactive ketones (excluding diaryl/α,β-unsaturated/α-hetero) is 3. The Morgan fingerprint density at radius 2 is 1.18 bits per heavy atom. The summed E-state index contributed by atoms with van der Waals surface area (Å²) >= 11 is 0. The number of hydrogen-bond donors (Lipinski definition) is 3. The number of carbonyl (C=O) groups excluding carboxylic acids is 4. The summed E-state index contributed by atoms with van der Waals surface area (Å²) in [6, 6.07) is 0. The zero-order valence-corrected chi connectivity index (χ0v) is 24.1. The van der Waals surface area contributed by atoms with Crippen molar-refractivity contribution in [2.75, 3.05) is 92.2 Å². The summed E-state index contributed by atoms with van der Waals surface area (Å²) < 4.78 is 25.6. The van der Waals surface area contributed by atoms with Crippen molar-refractivity contribution in [3.8, 4) is 0 Å². The number of likely N-dealkylation sites (N-methyl/N-ethyl adjacent to an activating group) is 1. The van der Waals surface area contributed by atoms with Crippen molar-refractivity contribution in [2.45, 2.75) is 51.5 Å². The van der Waals surface area contributed by atoms with E-state index in [9.17, 15) is 33.8 Å². The third-order valence-electron chi connectivity index (χ3n) is 6.99. The maximum Gasteiger partial charge on any atom is 0.251 e. The fraction of sp³-hybridized carbons (Fsp3) is 0.846. The number of hydrogen-bond acceptors (Lipinski definition) is 12. The van der Waals surface area contributed by atoms with Crippen LogP contribution in [0.3, 0.4) is 0 Å². The molecule has 0 aromatic carbocycles. The lowest BCUT2D eigenvalue weighted by atomic mass is 9.99. The van der Waals surface area contributed by atoms with Gasteiger partial charge in [-0.2, -0.15) is 0 Å². The number of nitrogens with one attached hydrogen (secondary N) is 1. The van der Waals surface area contributed by atoms with Gasteiger partial charge in [-0.1, -0.05) is 0 Å². The maximum absolute atomic E-state index is 14.6. The molecule has 5 unspecified atom stereocenters. The fourth-order valence-corrected chi connectivity index (χ4v) is 4.84. The summed E-state index contributed by atoms with van der Waals surface area (Å²) in [5.74, 6) is -0.589. The van der Waals surface area contributed by atoms with Crippen molar-refractivity contribution >= 4 is 23.3 Å². The second-order valence-corrected chi connectivity index (χ2v) is 10.6. The molecule has 0 bridgehead atoms. The molecule has 2 saturated heterocycles. The highest BCUT2D eigenvalue weighted by Crippen LogP contribution is 2.24. The van der Waals surface area contributed by atoms with E-state index >= 15 is 0 Å². The summed E-state index contributed by atoms with van der Waals surface area (Å²) in [5, 5.41) is 22.4. The summed E-state index contributed by atoms with van der Waals surface area (Å²) in [6.45, 7) is 10.4. The van der Waals surface area contributed by atoms with E-state index in [2.05, 4.69) is 10.2 Å². The first-order valence-electron chi connectivity index (χ1n) is 13.8. The monoisotopic (exact) mass is 575 g/mol. The molecule has 40 heavy (non-hydrogen) atoms. The number of aliphatic hydroxyl groups excluding tert-OH is 2. The molecule has 0 saturated carbocycles. The Balaban J connectivity index is 2.08. The number of alkyl halides is 1. The van der Waals surface area contributed by atoms with Gasteiger partial charge in [-0.05, 0) is 20.8 Å². The van der Waals surface area contributed by atoms with E-state index < -0.39 is 36.7 Å². The van der Waals surface area contributed by atoms with Gasteiger partial charge in [-0.3, -0.25) is 38.8 Å². The topological polar surface area (TPSA) is 152 Å². The van der Waals surface area contributed by atoms with Crippen molar-refractivity contribution in [1.29, 1.82) is 0 Å². The first kappa shape index (κ1) is 34.3. The van der Waals surface area contributed by atoms with Gasteiger partial charge in [0.25, 0.3) is 5.91 Å². The minimum atomic E-state index is -2.04. The summed E-state index contributed by atoms with van der Waals surface area (Å²) in [5.41, 5.74) is 0. The summed E-state index contributed by atoms with van der Waals surface area (Å²) in [7, 11) is 1.34. The molecule has 2 aliphatic rings. The largest absolute Gasteiger partial charge is 0.387 e. The van der Waals surface area contributed by atoms with Crippen LogP contribution in [0, 0.1) is 0 Å². The smallest absolute Gasteiger partial charge is 0.251 e. The Labute approximate surface area is 235 Å². The molecule has 230 valence electrons. The highest BCUT2D eigenvalue weighted by Gasteiger charge is 2.48. The molecule has 2 fully saturated rings. The molecule has 13 nitrogen and oxygen atoms in total. The molecule has 0 aromatic rings. The molecule has 3 N–H and O–H groups in total. The Kier molecular flexibility index (Phi) is 14.7. The van der Waals surface area contributed by atoms with Crippen molar-refractivity contribution in [3.05, 3.63) is 0 Å². The van der Waals surface area contributed by atoms with Crippen LogP contribution in [0.2, 0.25) is 0 Å². The maximum atomic E-state index is 14.6. The third kappa shape index (κ3) is 11.5. The van der Waals surface area contributed by atoms with E-state index in [0.29, 0.717) is 65.4 Å². The average Bonchev–Trinajstić information content (AvgIpc) is 2.88. The lowest BCUT2D eigenvalue weighted by Crippen LogP contribution is -2.60. The predicted molar refractivity (Wildman–Crippen MR) is 143 cm³/mol. The zero-order chi connectivity index (χ0) is 29.8. The Bertz CT molecular complexity index is 820. The molecule has 2 aliphatic heterocycles. The van der Waals surface area contributed by atoms with Crippen LogP contribution in [0.4, 0.5) is 4.39 Å². The number of aliphatic hydroxyl groups is 2. The molecular formula is C26H46FN5O8. The van der Waals surface area contributed by atoms with Crippen LogP contribution >= 0.6 is 0 Å². The number of ketones is 3. The van der Waals surface area contributed by atoms with Crippen LogP contribution in [-0.4, -0.2) is 176 Å². The lowest BCUT2D eigenvalue weighted by Gasteiger charge is -2.38. The SMILES string of the molecule is CNC(=O)C1OC(OCCN2CCN(CC(C)=O)CCN(CC(C)=O)CCN(CC(C)=O)CC2)C(F)C(O)C1O. The van der Waals surface area contributed by atoms with Crippen molar-refractivity contribution in [2.24, 2.45) is 0 Å². The lowest BCUT2D eigenvalue weighted by molar-refractivity contribution is -0.276. The van der Waals surface area contributed by atoms with E-state index in [0.717, 1.165) is 0 Å². The first-order chi connectivity index (χ1) is 18.9. The number of rotatable bonds is 11. The second kappa shape index (κ2) is 17.1. The van der Waals surface area contributed by atoms with Gasteiger partial charge in [0, 0.05) is 66.0 Å². The standard InChI is InChI=1S/C26H46FN5O8/c1-18(33)15-30-7-5-29(6-8-31(16-19(2)34)10-12-32(11-9-30)17-20(3)35)13-14-39-26-21(27)22(36)23(37)24(40-26)25(38)28-4/h21-24,26,36-37H,5-17H2,1-4H3,(H,28,38). The van der Waals surface area contributed by atoms with Crippen molar-refractivity contribution in [1.82, 2.24) is 24.9 Å². The van der Waals surface area contributed by atoms with Gasteiger partial charge in [0.05, 0.1) is 26.2 Å². The van der Waals surface area contributed by atoms with Crippen LogP contribution in [0.1, 0.15) is 20.8 Å². The van der Waals surface area contributed by atoms with Crippen LogP contribution < -0.4 is 5.32 Å². The van der Waals surface area contributed by atoms with Crippen LogP contribution in [-0.2, 0) is 28.7 Å². The molecule has 2 heterocycles. The quantitative estimate of drug-likeness (QED) is 0.239. The predicted octanol–water partition coefficient (Wildman–Crippen LogP) is -2.48. The number of halogens is 1. The van der Waals surface area contributed by atoms with Gasteiger partial charge in [0.15, 0.2) is 18.6 Å². The van der Waals surface area contributed by atoms with Crippen molar-refractivity contribution < 1.29 is 43.3 Å². The minimum Gasteiger partial charge on any atom is -0.387 e. The highest BCUT2D eigenvalue weighted by atomic mass is 19.1. The molecule has 0 radical (unpaired) electrons. The average molecular weight is 576 g/mol. The van der Waals surface area contributed by atoms with E-state index in [1.807, 2.05) is 14.7 Å². The first-order valence-corrected chi connectivity index (χ1v) is 13.8. The zero-order valence-electron chi connectivity index (χ0n) is 24.1. The van der Waals surface area contributed by atoms with Gasteiger partial charge in [0.2, 0.25) is 0 Å². The van der Waals surface area contributed by atoms with Crippen LogP contribution in [0.5, 0.6) is 0 Å². The van der Waals surface area contributed by atoms with Crippen LogP contribution in [0.25, 0.3) is 0 Å². The van der Waals surface area contributed by atoms with E-state index in [-0.39, 0.29) is 37.0 Å². The molecule has 2 rings (SSSR count). The minimum absolute atomic E-state index is 0.0141. The van der Waals surface area contributed by atoms with Crippen molar-refractivity contribution in [3.63, 3.8) is 0 Å². The van der Waals surface area contributed by atoms with Gasteiger partial charge in [-0.25, -0.2) is 4.39 Å². The molecule has 0 spiro atoms. The third-order valence-corrected chi connectivity index (χ3v) is 6.99. The summed E-state index contributed by atoms with van der Waals surface area (Å²) in [6.07, 6.45) is -8.62. The van der Waals surface area contributed by atoms with Gasteiger partial charge in [-0.15, -0.1) is 0 Å². The number of ether oxygens (including phenoxy) is 2. The molecule has 0 aliphatic carbocycles. The van der Waals surface area contributed by atoms with Gasteiger partial charge < -0.3 is 25.0 Å². The highest BCUT2D eigenvalue weighted by molar-refractivity contribution is 5.81. The Hall–Kier alpha value is -1.91. The van der Waals surface area contributed by atoms with Crippen LogP contribution in [0.15, 0.2) is 0 Å². The van der Waals surface area contributed by atoms with Gasteiger partial charge in [0.1, 0.15) is 29.6 Å². The molecule has 5 atom stereocenters. The summed E-state index contributed by atoms with van der Waals surface area (Å²) in [4.78, 5) is 55.8. The normalized spacial score (nSPS) is 28.8. The second-order valence-electron chi connectivity index (χ2n) is 10.6. The molecule has 14 heteroatoms.